The molecule has 0 fully saturated rings. The van der Waals surface area contributed by atoms with Crippen molar-refractivity contribution < 1.29 is 4.79 Å². The smallest absolute Gasteiger partial charge is 0.252 e. The predicted molar refractivity (Wildman–Crippen MR) is 101 cm³/mol. The number of H-pyrrole nitrogens is 2. The summed E-state index contributed by atoms with van der Waals surface area (Å²) in [5.74, 6) is 0.0180. The first kappa shape index (κ1) is 13.1. The number of rotatable bonds is 0. The standard InChI is InChI=1S/C21H15N3O/c1-10-15-16-11-6-2-4-8-13(11)23-19(16)20-17(18(15)21(25)22-10)12-7-3-5-9-14(12)24-20/h2-10,23-24H,1H3,(H,22,25). The maximum Gasteiger partial charge on any atom is 0.252 e. The van der Waals surface area contributed by atoms with Crippen LogP contribution < -0.4 is 5.32 Å². The Morgan fingerprint density at radius 1 is 0.800 bits per heavy atom. The molecule has 3 heterocycles. The number of aromatic nitrogens is 2. The van der Waals surface area contributed by atoms with Crippen molar-refractivity contribution in [1.82, 2.24) is 15.3 Å². The predicted octanol–water partition coefficient (Wildman–Crippen LogP) is 4.76. The molecule has 5 aromatic rings. The second-order valence-corrected chi connectivity index (χ2v) is 6.82. The lowest BCUT2D eigenvalue weighted by Gasteiger charge is -2.07. The Bertz CT molecular complexity index is 1360. The molecule has 3 aromatic carbocycles. The molecule has 1 amide bonds. The van der Waals surface area contributed by atoms with Crippen LogP contribution in [0.25, 0.3) is 43.6 Å². The number of fused-ring (bicyclic) bond motifs is 10. The van der Waals surface area contributed by atoms with Crippen molar-refractivity contribution in [3.63, 3.8) is 0 Å². The van der Waals surface area contributed by atoms with Gasteiger partial charge in [-0.1, -0.05) is 36.4 Å². The molecule has 6 rings (SSSR count). The monoisotopic (exact) mass is 325 g/mol. The molecule has 25 heavy (non-hydrogen) atoms. The van der Waals surface area contributed by atoms with Crippen LogP contribution in [0.15, 0.2) is 48.5 Å². The molecule has 0 saturated carbocycles. The van der Waals surface area contributed by atoms with Gasteiger partial charge in [0.15, 0.2) is 0 Å². The number of carbonyl (C=O) groups is 1. The van der Waals surface area contributed by atoms with Gasteiger partial charge in [0.05, 0.1) is 22.6 Å². The van der Waals surface area contributed by atoms with Crippen molar-refractivity contribution >= 4 is 49.5 Å². The zero-order chi connectivity index (χ0) is 16.7. The number of hydrogen-bond donors (Lipinski definition) is 3. The first-order valence-electron chi connectivity index (χ1n) is 8.51. The molecule has 0 radical (unpaired) electrons. The average Bonchev–Trinajstić information content (AvgIpc) is 3.26. The van der Waals surface area contributed by atoms with E-state index in [0.29, 0.717) is 0 Å². The highest BCUT2D eigenvalue weighted by atomic mass is 16.2. The minimum absolute atomic E-state index is 0.00210. The molecule has 2 aromatic heterocycles. The highest BCUT2D eigenvalue weighted by Gasteiger charge is 2.33. The van der Waals surface area contributed by atoms with E-state index in [1.165, 1.54) is 0 Å². The summed E-state index contributed by atoms with van der Waals surface area (Å²) < 4.78 is 0. The first-order chi connectivity index (χ1) is 12.2. The van der Waals surface area contributed by atoms with Crippen molar-refractivity contribution in [1.29, 1.82) is 0 Å². The molecule has 3 N–H and O–H groups in total. The fourth-order valence-electron chi connectivity index (χ4n) is 4.47. The molecule has 0 spiro atoms. The minimum Gasteiger partial charge on any atom is -0.353 e. The molecule has 0 aliphatic carbocycles. The molecule has 1 unspecified atom stereocenters. The van der Waals surface area contributed by atoms with Gasteiger partial charge in [0.25, 0.3) is 5.91 Å². The van der Waals surface area contributed by atoms with Crippen molar-refractivity contribution in [2.24, 2.45) is 0 Å². The first-order valence-corrected chi connectivity index (χ1v) is 8.51. The Morgan fingerprint density at radius 3 is 2.04 bits per heavy atom. The van der Waals surface area contributed by atoms with Crippen LogP contribution in [0.1, 0.15) is 28.9 Å². The van der Waals surface area contributed by atoms with Crippen molar-refractivity contribution in [3.05, 3.63) is 59.7 Å². The summed E-state index contributed by atoms with van der Waals surface area (Å²) in [4.78, 5) is 19.9. The topological polar surface area (TPSA) is 60.7 Å². The summed E-state index contributed by atoms with van der Waals surface area (Å²) in [5, 5.41) is 7.54. The molecular weight excluding hydrogens is 310 g/mol. The minimum atomic E-state index is 0.00210. The van der Waals surface area contributed by atoms with Crippen LogP contribution in [0.3, 0.4) is 0 Å². The number of para-hydroxylation sites is 2. The second kappa shape index (κ2) is 4.22. The maximum atomic E-state index is 12.8. The molecule has 1 atom stereocenters. The van der Waals surface area contributed by atoms with Gasteiger partial charge < -0.3 is 15.3 Å². The Morgan fingerprint density at radius 2 is 1.36 bits per heavy atom. The van der Waals surface area contributed by atoms with Gasteiger partial charge in [-0.15, -0.1) is 0 Å². The van der Waals surface area contributed by atoms with Crippen LogP contribution in [0.2, 0.25) is 0 Å². The van der Waals surface area contributed by atoms with E-state index in [0.717, 1.165) is 54.7 Å². The lowest BCUT2D eigenvalue weighted by atomic mass is 9.94. The van der Waals surface area contributed by atoms with Gasteiger partial charge in [0.2, 0.25) is 0 Å². The molecule has 120 valence electrons. The quantitative estimate of drug-likeness (QED) is 0.378. The number of carbonyl (C=O) groups excluding carboxylic acids is 1. The highest BCUT2D eigenvalue weighted by Crippen LogP contribution is 2.44. The maximum absolute atomic E-state index is 12.8. The van der Waals surface area contributed by atoms with E-state index in [4.69, 9.17) is 0 Å². The zero-order valence-electron chi connectivity index (χ0n) is 13.6. The number of aromatic amines is 2. The van der Waals surface area contributed by atoms with Crippen molar-refractivity contribution in [3.8, 4) is 0 Å². The van der Waals surface area contributed by atoms with E-state index in [9.17, 15) is 4.79 Å². The number of hydrogen-bond acceptors (Lipinski definition) is 1. The molecule has 0 bridgehead atoms. The van der Waals surface area contributed by atoms with Crippen molar-refractivity contribution in [2.75, 3.05) is 0 Å². The van der Waals surface area contributed by atoms with Gasteiger partial charge in [0, 0.05) is 32.6 Å². The van der Waals surface area contributed by atoms with Gasteiger partial charge in [-0.2, -0.15) is 0 Å². The summed E-state index contributed by atoms with van der Waals surface area (Å²) in [6, 6.07) is 16.5. The van der Waals surface area contributed by atoms with Crippen LogP contribution in [-0.2, 0) is 0 Å². The summed E-state index contributed by atoms with van der Waals surface area (Å²) in [6.07, 6.45) is 0. The molecule has 0 saturated heterocycles. The highest BCUT2D eigenvalue weighted by molar-refractivity contribution is 6.30. The van der Waals surface area contributed by atoms with E-state index in [-0.39, 0.29) is 11.9 Å². The van der Waals surface area contributed by atoms with Crippen LogP contribution in [0, 0.1) is 0 Å². The SMILES string of the molecule is CC1NC(=O)c2c1c1c3ccccc3[nH]c1c1[nH]c3ccccc3c21. The van der Waals surface area contributed by atoms with Gasteiger partial charge in [-0.25, -0.2) is 0 Å². The fourth-order valence-corrected chi connectivity index (χ4v) is 4.47. The molecule has 1 aliphatic rings. The lowest BCUT2D eigenvalue weighted by Crippen LogP contribution is -2.16. The third-order valence-electron chi connectivity index (χ3n) is 5.46. The van der Waals surface area contributed by atoms with Crippen LogP contribution in [0.5, 0.6) is 0 Å². The number of benzene rings is 3. The fraction of sp³-hybridized carbons (Fsp3) is 0.0952. The molecular formula is C21H15N3O. The Balaban J connectivity index is 2.02. The normalized spacial score (nSPS) is 17.0. The van der Waals surface area contributed by atoms with Gasteiger partial charge in [0.1, 0.15) is 0 Å². The van der Waals surface area contributed by atoms with Crippen molar-refractivity contribution in [2.45, 2.75) is 13.0 Å². The van der Waals surface area contributed by atoms with Crippen LogP contribution in [-0.4, -0.2) is 15.9 Å². The molecule has 1 aliphatic heterocycles. The van der Waals surface area contributed by atoms with E-state index in [1.807, 2.05) is 24.3 Å². The summed E-state index contributed by atoms with van der Waals surface area (Å²) in [6.45, 7) is 2.06. The Kier molecular flexibility index (Phi) is 2.21. The van der Waals surface area contributed by atoms with Gasteiger partial charge in [-0.3, -0.25) is 4.79 Å². The van der Waals surface area contributed by atoms with E-state index < -0.39 is 0 Å². The van der Waals surface area contributed by atoms with E-state index in [2.05, 4.69) is 46.5 Å². The van der Waals surface area contributed by atoms with E-state index in [1.54, 1.807) is 0 Å². The summed E-state index contributed by atoms with van der Waals surface area (Å²) in [7, 11) is 0. The molecule has 4 heteroatoms. The Hall–Kier alpha value is -3.27. The second-order valence-electron chi connectivity index (χ2n) is 6.82. The van der Waals surface area contributed by atoms with Gasteiger partial charge >= 0.3 is 0 Å². The Labute approximate surface area is 142 Å². The number of nitrogens with one attached hydrogen (secondary N) is 3. The van der Waals surface area contributed by atoms with Crippen LogP contribution in [0.4, 0.5) is 0 Å². The summed E-state index contributed by atoms with van der Waals surface area (Å²) in [5.41, 5.74) is 6.16. The van der Waals surface area contributed by atoms with Gasteiger partial charge in [-0.05, 0) is 24.6 Å². The lowest BCUT2D eigenvalue weighted by molar-refractivity contribution is 0.0960. The van der Waals surface area contributed by atoms with E-state index >= 15 is 0 Å². The van der Waals surface area contributed by atoms with Crippen LogP contribution >= 0.6 is 0 Å². The third kappa shape index (κ3) is 1.45. The average molecular weight is 325 g/mol. The third-order valence-corrected chi connectivity index (χ3v) is 5.46. The molecule has 4 nitrogen and oxygen atoms in total. The largest absolute Gasteiger partial charge is 0.353 e. The zero-order valence-corrected chi connectivity index (χ0v) is 13.6. The number of amides is 1. The summed E-state index contributed by atoms with van der Waals surface area (Å²) >= 11 is 0.